The lowest BCUT2D eigenvalue weighted by atomic mass is 10.1. The molecule has 0 unspecified atom stereocenters. The number of anilines is 2. The number of hydrogen-bond acceptors (Lipinski definition) is 5. The number of carbonyl (C=O) groups is 1. The van der Waals surface area contributed by atoms with Gasteiger partial charge in [0.1, 0.15) is 5.82 Å². The molecule has 0 aliphatic carbocycles. The number of nitrogens with zero attached hydrogens (tertiary/aromatic N) is 2. The lowest BCUT2D eigenvalue weighted by Crippen LogP contribution is -2.39. The second-order valence-corrected chi connectivity index (χ2v) is 6.28. The molecule has 2 N–H and O–H groups in total. The van der Waals surface area contributed by atoms with Gasteiger partial charge in [0.2, 0.25) is 0 Å². The van der Waals surface area contributed by atoms with Gasteiger partial charge in [-0.15, -0.1) is 0 Å². The average molecular weight is 354 g/mol. The van der Waals surface area contributed by atoms with Crippen LogP contribution in [0.25, 0.3) is 0 Å². The molecule has 6 nitrogen and oxygen atoms in total. The Morgan fingerprint density at radius 1 is 1.19 bits per heavy atom. The van der Waals surface area contributed by atoms with E-state index in [0.29, 0.717) is 5.56 Å². The first-order valence-electron chi connectivity index (χ1n) is 9.15. The number of para-hydroxylation sites is 1. The molecule has 0 bridgehead atoms. The van der Waals surface area contributed by atoms with E-state index in [4.69, 9.17) is 4.74 Å². The number of carbonyl (C=O) groups excluding carboxylic acids is 1. The maximum atomic E-state index is 12.4. The number of benzene rings is 1. The quantitative estimate of drug-likeness (QED) is 0.800. The molecule has 0 atom stereocenters. The summed E-state index contributed by atoms with van der Waals surface area (Å²) < 4.78 is 5.34. The molecule has 1 saturated heterocycles. The summed E-state index contributed by atoms with van der Waals surface area (Å²) in [6, 6.07) is 11.5. The van der Waals surface area contributed by atoms with E-state index in [0.717, 1.165) is 62.9 Å². The van der Waals surface area contributed by atoms with Crippen LogP contribution in [-0.2, 0) is 11.2 Å². The number of pyridine rings is 1. The molecule has 2 heterocycles. The largest absolute Gasteiger partial charge is 0.379 e. The first-order valence-corrected chi connectivity index (χ1v) is 9.15. The van der Waals surface area contributed by atoms with Gasteiger partial charge in [-0.05, 0) is 30.2 Å². The third-order valence-corrected chi connectivity index (χ3v) is 4.51. The molecule has 1 aromatic carbocycles. The zero-order valence-corrected chi connectivity index (χ0v) is 15.2. The Morgan fingerprint density at radius 3 is 2.73 bits per heavy atom. The molecule has 1 aliphatic rings. The Kier molecular flexibility index (Phi) is 6.57. The van der Waals surface area contributed by atoms with E-state index in [9.17, 15) is 4.79 Å². The highest BCUT2D eigenvalue weighted by atomic mass is 16.5. The summed E-state index contributed by atoms with van der Waals surface area (Å²) in [5.41, 5.74) is 2.53. The molecule has 0 radical (unpaired) electrons. The minimum absolute atomic E-state index is 0.140. The maximum Gasteiger partial charge on any atom is 0.257 e. The van der Waals surface area contributed by atoms with Crippen LogP contribution in [0.2, 0.25) is 0 Å². The molecular weight excluding hydrogens is 328 g/mol. The number of rotatable bonds is 7. The summed E-state index contributed by atoms with van der Waals surface area (Å²) >= 11 is 0. The topological polar surface area (TPSA) is 66.5 Å². The Morgan fingerprint density at radius 2 is 2.00 bits per heavy atom. The second-order valence-electron chi connectivity index (χ2n) is 6.28. The van der Waals surface area contributed by atoms with Crippen LogP contribution in [-0.4, -0.2) is 55.2 Å². The highest BCUT2D eigenvalue weighted by Crippen LogP contribution is 2.16. The molecule has 2 aromatic rings. The van der Waals surface area contributed by atoms with Crippen molar-refractivity contribution in [1.82, 2.24) is 9.88 Å². The van der Waals surface area contributed by atoms with E-state index in [1.54, 1.807) is 12.3 Å². The van der Waals surface area contributed by atoms with Crippen molar-refractivity contribution in [3.8, 4) is 0 Å². The SMILES string of the molecule is CCc1ccccc1NC(=O)c1ccc(NCCN2CCOCC2)nc1. The maximum absolute atomic E-state index is 12.4. The van der Waals surface area contributed by atoms with Crippen LogP contribution in [0, 0.1) is 0 Å². The van der Waals surface area contributed by atoms with Crippen LogP contribution in [0.4, 0.5) is 11.5 Å². The number of amides is 1. The van der Waals surface area contributed by atoms with Gasteiger partial charge in [-0.25, -0.2) is 4.98 Å². The van der Waals surface area contributed by atoms with Crippen LogP contribution in [0.15, 0.2) is 42.6 Å². The molecule has 6 heteroatoms. The highest BCUT2D eigenvalue weighted by Gasteiger charge is 2.10. The van der Waals surface area contributed by atoms with Gasteiger partial charge in [0.05, 0.1) is 18.8 Å². The number of nitrogens with one attached hydrogen (secondary N) is 2. The minimum atomic E-state index is -0.140. The highest BCUT2D eigenvalue weighted by molar-refractivity contribution is 6.04. The van der Waals surface area contributed by atoms with Crippen LogP contribution >= 0.6 is 0 Å². The van der Waals surface area contributed by atoms with Crippen molar-refractivity contribution in [2.24, 2.45) is 0 Å². The smallest absolute Gasteiger partial charge is 0.257 e. The molecule has 3 rings (SSSR count). The molecule has 138 valence electrons. The van der Waals surface area contributed by atoms with Crippen molar-refractivity contribution in [2.45, 2.75) is 13.3 Å². The lowest BCUT2D eigenvalue weighted by molar-refractivity contribution is 0.0398. The molecule has 1 fully saturated rings. The summed E-state index contributed by atoms with van der Waals surface area (Å²) in [5, 5.41) is 6.27. The fraction of sp³-hybridized carbons (Fsp3) is 0.400. The molecule has 26 heavy (non-hydrogen) atoms. The van der Waals surface area contributed by atoms with Gasteiger partial charge in [0.25, 0.3) is 5.91 Å². The number of aromatic nitrogens is 1. The van der Waals surface area contributed by atoms with Crippen molar-refractivity contribution in [3.63, 3.8) is 0 Å². The summed E-state index contributed by atoms with van der Waals surface area (Å²) in [6.07, 6.45) is 2.49. The van der Waals surface area contributed by atoms with Crippen LogP contribution in [0.1, 0.15) is 22.8 Å². The van der Waals surface area contributed by atoms with Crippen molar-refractivity contribution < 1.29 is 9.53 Å². The molecular formula is C20H26N4O2. The van der Waals surface area contributed by atoms with Gasteiger partial charge < -0.3 is 15.4 Å². The molecule has 1 amide bonds. The first-order chi connectivity index (χ1) is 12.8. The summed E-state index contributed by atoms with van der Waals surface area (Å²) in [5.74, 6) is 0.641. The van der Waals surface area contributed by atoms with E-state index in [-0.39, 0.29) is 5.91 Å². The molecule has 0 saturated carbocycles. The van der Waals surface area contributed by atoms with Gasteiger partial charge in [-0.2, -0.15) is 0 Å². The van der Waals surface area contributed by atoms with Crippen molar-refractivity contribution in [1.29, 1.82) is 0 Å². The van der Waals surface area contributed by atoms with E-state index >= 15 is 0 Å². The lowest BCUT2D eigenvalue weighted by Gasteiger charge is -2.26. The van der Waals surface area contributed by atoms with Crippen molar-refractivity contribution in [3.05, 3.63) is 53.7 Å². The van der Waals surface area contributed by atoms with Gasteiger partial charge in [-0.3, -0.25) is 9.69 Å². The first kappa shape index (κ1) is 18.4. The van der Waals surface area contributed by atoms with Crippen LogP contribution < -0.4 is 10.6 Å². The predicted molar refractivity (Wildman–Crippen MR) is 104 cm³/mol. The average Bonchev–Trinajstić information content (AvgIpc) is 2.70. The molecule has 1 aliphatic heterocycles. The minimum Gasteiger partial charge on any atom is -0.379 e. The summed E-state index contributed by atoms with van der Waals surface area (Å²) in [6.45, 7) is 7.43. The third kappa shape index (κ3) is 5.03. The zero-order valence-electron chi connectivity index (χ0n) is 15.2. The monoisotopic (exact) mass is 354 g/mol. The number of aryl methyl sites for hydroxylation is 1. The van der Waals surface area contributed by atoms with Gasteiger partial charge >= 0.3 is 0 Å². The van der Waals surface area contributed by atoms with E-state index in [1.165, 1.54) is 0 Å². The fourth-order valence-corrected chi connectivity index (χ4v) is 2.94. The summed E-state index contributed by atoms with van der Waals surface area (Å²) in [4.78, 5) is 19.1. The molecule has 0 spiro atoms. The van der Waals surface area contributed by atoms with Crippen molar-refractivity contribution >= 4 is 17.4 Å². The number of morpholine rings is 1. The Hall–Kier alpha value is -2.44. The Labute approximate surface area is 154 Å². The second kappa shape index (κ2) is 9.31. The standard InChI is InChI=1S/C20H26N4O2/c1-2-16-5-3-4-6-18(16)23-20(25)17-7-8-19(22-15-17)21-9-10-24-11-13-26-14-12-24/h3-8,15H,2,9-14H2,1H3,(H,21,22)(H,23,25). The van der Waals surface area contributed by atoms with Gasteiger partial charge in [0.15, 0.2) is 0 Å². The van der Waals surface area contributed by atoms with E-state index < -0.39 is 0 Å². The van der Waals surface area contributed by atoms with Gasteiger partial charge in [0, 0.05) is 38.1 Å². The molecule has 1 aromatic heterocycles. The zero-order chi connectivity index (χ0) is 18.2. The Bertz CT molecular complexity index is 712. The fourth-order valence-electron chi connectivity index (χ4n) is 2.94. The normalized spacial score (nSPS) is 14.8. The van der Waals surface area contributed by atoms with Gasteiger partial charge in [-0.1, -0.05) is 25.1 Å². The van der Waals surface area contributed by atoms with E-state index in [2.05, 4.69) is 27.4 Å². The van der Waals surface area contributed by atoms with Crippen molar-refractivity contribution in [2.75, 3.05) is 50.0 Å². The number of ether oxygens (including phenoxy) is 1. The Balaban J connectivity index is 1.51. The van der Waals surface area contributed by atoms with E-state index in [1.807, 2.05) is 30.3 Å². The van der Waals surface area contributed by atoms with Crippen LogP contribution in [0.3, 0.4) is 0 Å². The predicted octanol–water partition coefficient (Wildman–Crippen LogP) is 2.64. The summed E-state index contributed by atoms with van der Waals surface area (Å²) in [7, 11) is 0. The van der Waals surface area contributed by atoms with Crippen LogP contribution in [0.5, 0.6) is 0 Å². The number of hydrogen-bond donors (Lipinski definition) is 2. The third-order valence-electron chi connectivity index (χ3n) is 4.51.